The van der Waals surface area contributed by atoms with Crippen molar-refractivity contribution in [3.63, 3.8) is 0 Å². The van der Waals surface area contributed by atoms with Crippen molar-refractivity contribution in [2.75, 3.05) is 19.9 Å². The van der Waals surface area contributed by atoms with Gasteiger partial charge in [-0.15, -0.1) is 0 Å². The summed E-state index contributed by atoms with van der Waals surface area (Å²) in [4.78, 5) is 25.0. The van der Waals surface area contributed by atoms with Crippen molar-refractivity contribution in [1.82, 2.24) is 10.2 Å². The molecule has 2 heterocycles. The van der Waals surface area contributed by atoms with Crippen molar-refractivity contribution in [3.05, 3.63) is 18.2 Å². The molecule has 0 aliphatic carbocycles. The van der Waals surface area contributed by atoms with Gasteiger partial charge in [0.25, 0.3) is 5.91 Å². The fourth-order valence-electron chi connectivity index (χ4n) is 2.66. The Hall–Kier alpha value is -2.48. The number of urea groups is 1. The van der Waals surface area contributed by atoms with Gasteiger partial charge >= 0.3 is 6.03 Å². The maximum absolute atomic E-state index is 12.1. The lowest BCUT2D eigenvalue weighted by Crippen LogP contribution is -2.40. The van der Waals surface area contributed by atoms with Crippen LogP contribution in [0.1, 0.15) is 19.8 Å². The molecule has 8 heteroatoms. The van der Waals surface area contributed by atoms with Crippen LogP contribution in [0.3, 0.4) is 0 Å². The molecule has 0 unspecified atom stereocenters. The molecule has 1 saturated heterocycles. The van der Waals surface area contributed by atoms with Crippen molar-refractivity contribution in [2.24, 2.45) is 0 Å². The predicted octanol–water partition coefficient (Wildman–Crippen LogP) is 0.875. The highest BCUT2D eigenvalue weighted by molar-refractivity contribution is 6.04. The average molecular weight is 336 g/mol. The number of aliphatic hydroxyl groups is 1. The molecule has 24 heavy (non-hydrogen) atoms. The fraction of sp³-hybridized carbons (Fsp3) is 0.500. The molecule has 2 atom stereocenters. The van der Waals surface area contributed by atoms with Gasteiger partial charge in [0.05, 0.1) is 6.54 Å². The summed E-state index contributed by atoms with van der Waals surface area (Å²) in [5, 5.41) is 12.7. The minimum atomic E-state index is -0.981. The Labute approximate surface area is 139 Å². The van der Waals surface area contributed by atoms with Crippen LogP contribution in [-0.2, 0) is 4.79 Å². The molecule has 1 fully saturated rings. The Morgan fingerprint density at radius 1 is 1.38 bits per heavy atom. The number of carbonyl (C=O) groups excluding carboxylic acids is 2. The van der Waals surface area contributed by atoms with Crippen molar-refractivity contribution in [3.8, 4) is 17.2 Å². The minimum absolute atomic E-state index is 0.0465. The molecule has 3 rings (SSSR count). The predicted molar refractivity (Wildman–Crippen MR) is 83.0 cm³/mol. The van der Waals surface area contributed by atoms with E-state index in [1.54, 1.807) is 18.2 Å². The lowest BCUT2D eigenvalue weighted by molar-refractivity contribution is -0.128. The maximum atomic E-state index is 12.1. The SMILES string of the molecule is CCC[C@H]1NC(=O)N(C[C@H](O)COc2ccc3c(c2)OCO3)C1=O. The number of β-amino-alcohol motifs (C(OH)–C–C–N with tert-alkyl or cyclic N) is 1. The Balaban J connectivity index is 1.51. The Bertz CT molecular complexity index is 635. The largest absolute Gasteiger partial charge is 0.491 e. The summed E-state index contributed by atoms with van der Waals surface area (Å²) < 4.78 is 15.9. The van der Waals surface area contributed by atoms with E-state index in [-0.39, 0.29) is 25.9 Å². The number of rotatable bonds is 7. The van der Waals surface area contributed by atoms with Gasteiger partial charge in [-0.1, -0.05) is 13.3 Å². The van der Waals surface area contributed by atoms with Crippen LogP contribution in [0.2, 0.25) is 0 Å². The third-order valence-electron chi connectivity index (χ3n) is 3.86. The fourth-order valence-corrected chi connectivity index (χ4v) is 2.66. The number of ether oxygens (including phenoxy) is 3. The molecule has 3 amide bonds. The van der Waals surface area contributed by atoms with E-state index in [0.717, 1.165) is 11.3 Å². The Kier molecular flexibility index (Phi) is 4.75. The molecule has 0 aromatic heterocycles. The van der Waals surface area contributed by atoms with Crippen LogP contribution in [0.25, 0.3) is 0 Å². The number of carbonyl (C=O) groups is 2. The molecule has 1 aromatic carbocycles. The molecule has 2 aliphatic rings. The summed E-state index contributed by atoms with van der Waals surface area (Å²) in [5.41, 5.74) is 0. The normalized spacial score (nSPS) is 20.2. The maximum Gasteiger partial charge on any atom is 0.324 e. The van der Waals surface area contributed by atoms with E-state index in [1.165, 1.54) is 0 Å². The minimum Gasteiger partial charge on any atom is -0.491 e. The van der Waals surface area contributed by atoms with Crippen molar-refractivity contribution in [2.45, 2.75) is 31.9 Å². The molecule has 2 N–H and O–H groups in total. The number of nitrogens with one attached hydrogen (secondary N) is 1. The third-order valence-corrected chi connectivity index (χ3v) is 3.86. The topological polar surface area (TPSA) is 97.3 Å². The lowest BCUT2D eigenvalue weighted by Gasteiger charge is -2.18. The van der Waals surface area contributed by atoms with Gasteiger partial charge in [-0.2, -0.15) is 0 Å². The second-order valence-electron chi connectivity index (χ2n) is 5.72. The first-order valence-corrected chi connectivity index (χ1v) is 7.91. The van der Waals surface area contributed by atoms with E-state index in [4.69, 9.17) is 14.2 Å². The molecule has 0 spiro atoms. The van der Waals surface area contributed by atoms with Crippen LogP contribution in [0, 0.1) is 0 Å². The lowest BCUT2D eigenvalue weighted by atomic mass is 10.1. The summed E-state index contributed by atoms with van der Waals surface area (Å²) in [5.74, 6) is 1.44. The van der Waals surface area contributed by atoms with E-state index < -0.39 is 18.2 Å². The van der Waals surface area contributed by atoms with Crippen molar-refractivity contribution >= 4 is 11.9 Å². The first-order valence-electron chi connectivity index (χ1n) is 7.91. The molecule has 130 valence electrons. The van der Waals surface area contributed by atoms with Gasteiger partial charge in [-0.25, -0.2) is 4.79 Å². The second-order valence-corrected chi connectivity index (χ2v) is 5.72. The van der Waals surface area contributed by atoms with Gasteiger partial charge in [0.2, 0.25) is 6.79 Å². The average Bonchev–Trinajstić information content (AvgIpc) is 3.13. The molecular weight excluding hydrogens is 316 g/mol. The van der Waals surface area contributed by atoms with Crippen molar-refractivity contribution < 1.29 is 28.9 Å². The van der Waals surface area contributed by atoms with Crippen LogP contribution in [0.5, 0.6) is 17.2 Å². The third kappa shape index (κ3) is 3.38. The molecule has 0 bridgehead atoms. The highest BCUT2D eigenvalue weighted by atomic mass is 16.7. The van der Waals surface area contributed by atoms with E-state index in [0.29, 0.717) is 23.7 Å². The molecule has 8 nitrogen and oxygen atoms in total. The van der Waals surface area contributed by atoms with Gasteiger partial charge in [0, 0.05) is 6.07 Å². The second kappa shape index (κ2) is 6.96. The quantitative estimate of drug-likeness (QED) is 0.717. The van der Waals surface area contributed by atoms with E-state index >= 15 is 0 Å². The summed E-state index contributed by atoms with van der Waals surface area (Å²) in [6.07, 6.45) is 0.399. The van der Waals surface area contributed by atoms with Crippen LogP contribution in [0.4, 0.5) is 4.79 Å². The summed E-state index contributed by atoms with van der Waals surface area (Å²) in [6, 6.07) is 4.12. The molecule has 1 aromatic rings. The number of amides is 3. The number of fused-ring (bicyclic) bond motifs is 1. The van der Waals surface area contributed by atoms with Crippen molar-refractivity contribution in [1.29, 1.82) is 0 Å². The number of imide groups is 1. The number of hydrogen-bond donors (Lipinski definition) is 2. The zero-order valence-corrected chi connectivity index (χ0v) is 13.4. The van der Waals surface area contributed by atoms with Gasteiger partial charge in [0.1, 0.15) is 24.5 Å². The highest BCUT2D eigenvalue weighted by Gasteiger charge is 2.38. The summed E-state index contributed by atoms with van der Waals surface area (Å²) >= 11 is 0. The highest BCUT2D eigenvalue weighted by Crippen LogP contribution is 2.35. The van der Waals surface area contributed by atoms with Gasteiger partial charge < -0.3 is 24.6 Å². The Morgan fingerprint density at radius 2 is 2.17 bits per heavy atom. The standard InChI is InChI=1S/C16H20N2O6/c1-2-3-12-15(20)18(16(21)17-12)7-10(19)8-22-11-4-5-13-14(6-11)24-9-23-13/h4-6,10,12,19H,2-3,7-9H2,1H3,(H,17,21)/t10-,12+/m0/s1. The van der Waals surface area contributed by atoms with Crippen LogP contribution >= 0.6 is 0 Å². The van der Waals surface area contributed by atoms with Crippen LogP contribution < -0.4 is 19.5 Å². The summed E-state index contributed by atoms with van der Waals surface area (Å²) in [6.45, 7) is 1.97. The molecular formula is C16H20N2O6. The zero-order valence-electron chi connectivity index (χ0n) is 13.4. The number of aliphatic hydroxyl groups excluding tert-OH is 1. The van der Waals surface area contributed by atoms with E-state index in [1.807, 2.05) is 6.92 Å². The van der Waals surface area contributed by atoms with Gasteiger partial charge in [-0.05, 0) is 18.6 Å². The summed E-state index contributed by atoms with van der Waals surface area (Å²) in [7, 11) is 0. The van der Waals surface area contributed by atoms with Crippen LogP contribution in [-0.4, -0.2) is 54.0 Å². The first kappa shape index (κ1) is 16.4. The smallest absolute Gasteiger partial charge is 0.324 e. The first-order chi connectivity index (χ1) is 11.6. The number of nitrogens with zero attached hydrogens (tertiary/aromatic N) is 1. The molecule has 2 aliphatic heterocycles. The van der Waals surface area contributed by atoms with E-state index in [9.17, 15) is 14.7 Å². The van der Waals surface area contributed by atoms with Crippen LogP contribution in [0.15, 0.2) is 18.2 Å². The van der Waals surface area contributed by atoms with E-state index in [2.05, 4.69) is 5.32 Å². The number of benzene rings is 1. The molecule has 0 radical (unpaired) electrons. The number of hydrogen-bond acceptors (Lipinski definition) is 6. The monoisotopic (exact) mass is 336 g/mol. The Morgan fingerprint density at radius 3 is 2.96 bits per heavy atom. The molecule has 0 saturated carbocycles. The van der Waals surface area contributed by atoms with Gasteiger partial charge in [-0.3, -0.25) is 9.69 Å². The zero-order chi connectivity index (χ0) is 17.1. The van der Waals surface area contributed by atoms with Gasteiger partial charge in [0.15, 0.2) is 11.5 Å².